The largest absolute Gasteiger partial charge is 0.314 e. The predicted molar refractivity (Wildman–Crippen MR) is 67.0 cm³/mol. The highest BCUT2D eigenvalue weighted by atomic mass is 79.9. The molecule has 1 N–H and O–H groups in total. The molecule has 1 fully saturated rings. The van der Waals surface area contributed by atoms with Crippen molar-refractivity contribution in [2.24, 2.45) is 0 Å². The Morgan fingerprint density at radius 3 is 2.69 bits per heavy atom. The molecule has 0 amide bonds. The quantitative estimate of drug-likeness (QED) is 0.899. The number of rotatable bonds is 2. The molecule has 88 valence electrons. The molecule has 0 spiro atoms. The number of piperazine rings is 1. The Balaban J connectivity index is 2.15. The summed E-state index contributed by atoms with van der Waals surface area (Å²) in [5.41, 5.74) is 0.783. The Kier molecular flexibility index (Phi) is 3.95. The first-order valence-corrected chi connectivity index (χ1v) is 6.37. The Bertz CT molecular complexity index is 364. The number of nitrogens with zero attached hydrogens (tertiary/aromatic N) is 1. The minimum Gasteiger partial charge on any atom is -0.314 e. The smallest absolute Gasteiger partial charge is 0.129 e. The van der Waals surface area contributed by atoms with E-state index in [1.807, 2.05) is 12.1 Å². The van der Waals surface area contributed by atoms with Gasteiger partial charge in [-0.1, -0.05) is 22.0 Å². The van der Waals surface area contributed by atoms with Gasteiger partial charge in [-0.3, -0.25) is 4.90 Å². The highest BCUT2D eigenvalue weighted by Crippen LogP contribution is 2.25. The second-order valence-electron chi connectivity index (χ2n) is 4.13. The van der Waals surface area contributed by atoms with Crippen LogP contribution in [-0.4, -0.2) is 31.1 Å². The molecule has 1 aliphatic rings. The average molecular weight is 287 g/mol. The maximum Gasteiger partial charge on any atom is 0.129 e. The van der Waals surface area contributed by atoms with Gasteiger partial charge in [0.05, 0.1) is 0 Å². The van der Waals surface area contributed by atoms with E-state index in [9.17, 15) is 4.39 Å². The van der Waals surface area contributed by atoms with Gasteiger partial charge in [0.15, 0.2) is 0 Å². The fourth-order valence-electron chi connectivity index (χ4n) is 2.11. The van der Waals surface area contributed by atoms with Gasteiger partial charge in [0.1, 0.15) is 5.82 Å². The molecule has 16 heavy (non-hydrogen) atoms. The van der Waals surface area contributed by atoms with Gasteiger partial charge in [-0.05, 0) is 19.1 Å². The van der Waals surface area contributed by atoms with Gasteiger partial charge < -0.3 is 5.32 Å². The van der Waals surface area contributed by atoms with Gasteiger partial charge in [-0.15, -0.1) is 0 Å². The van der Waals surface area contributed by atoms with Crippen molar-refractivity contribution in [2.75, 3.05) is 26.2 Å². The molecule has 4 heteroatoms. The van der Waals surface area contributed by atoms with Crippen molar-refractivity contribution in [3.05, 3.63) is 34.1 Å². The Morgan fingerprint density at radius 2 is 2.06 bits per heavy atom. The van der Waals surface area contributed by atoms with Crippen LogP contribution >= 0.6 is 15.9 Å². The standard InChI is InChI=1S/C12H16BrFN2/c1-9(16-6-4-15-5-7-16)11-3-2-10(13)8-12(11)14/h2-3,8-9,15H,4-7H2,1H3/t9-/m1/s1. The molecule has 0 aromatic heterocycles. The summed E-state index contributed by atoms with van der Waals surface area (Å²) in [5, 5.41) is 3.30. The number of hydrogen-bond donors (Lipinski definition) is 1. The summed E-state index contributed by atoms with van der Waals surface area (Å²) in [6, 6.07) is 5.45. The Morgan fingerprint density at radius 1 is 1.38 bits per heavy atom. The second-order valence-corrected chi connectivity index (χ2v) is 5.04. The van der Waals surface area contributed by atoms with E-state index in [2.05, 4.69) is 33.1 Å². The van der Waals surface area contributed by atoms with Crippen LogP contribution in [0.3, 0.4) is 0 Å². The van der Waals surface area contributed by atoms with Crippen LogP contribution in [0.1, 0.15) is 18.5 Å². The summed E-state index contributed by atoms with van der Waals surface area (Å²) in [6.07, 6.45) is 0. The molecule has 1 heterocycles. The minimum absolute atomic E-state index is 0.125. The van der Waals surface area contributed by atoms with Crippen LogP contribution < -0.4 is 5.32 Å². The zero-order chi connectivity index (χ0) is 11.5. The van der Waals surface area contributed by atoms with Crippen LogP contribution in [0.4, 0.5) is 4.39 Å². The number of halogens is 2. The summed E-state index contributed by atoms with van der Waals surface area (Å²) in [4.78, 5) is 2.31. The molecule has 1 aliphatic heterocycles. The molecule has 0 aliphatic carbocycles. The fraction of sp³-hybridized carbons (Fsp3) is 0.500. The molecule has 1 aromatic rings. The monoisotopic (exact) mass is 286 g/mol. The van der Waals surface area contributed by atoms with Crippen molar-refractivity contribution in [3.63, 3.8) is 0 Å². The lowest BCUT2D eigenvalue weighted by molar-refractivity contribution is 0.182. The lowest BCUT2D eigenvalue weighted by Crippen LogP contribution is -2.44. The maximum absolute atomic E-state index is 13.8. The number of benzene rings is 1. The van der Waals surface area contributed by atoms with Crippen LogP contribution in [0.15, 0.2) is 22.7 Å². The third-order valence-electron chi connectivity index (χ3n) is 3.11. The average Bonchev–Trinajstić information content (AvgIpc) is 2.29. The van der Waals surface area contributed by atoms with Crippen molar-refractivity contribution < 1.29 is 4.39 Å². The predicted octanol–water partition coefficient (Wildman–Crippen LogP) is 2.55. The van der Waals surface area contributed by atoms with E-state index >= 15 is 0 Å². The van der Waals surface area contributed by atoms with E-state index in [4.69, 9.17) is 0 Å². The molecule has 0 saturated carbocycles. The van der Waals surface area contributed by atoms with Crippen LogP contribution in [0, 0.1) is 5.82 Å². The third-order valence-corrected chi connectivity index (χ3v) is 3.61. The fourth-order valence-corrected chi connectivity index (χ4v) is 2.44. The summed E-state index contributed by atoms with van der Waals surface area (Å²) in [6.45, 7) is 6.01. The molecule has 2 nitrogen and oxygen atoms in total. The van der Waals surface area contributed by atoms with E-state index in [0.717, 1.165) is 36.2 Å². The molecule has 1 aromatic carbocycles. The number of hydrogen-bond acceptors (Lipinski definition) is 2. The molecule has 2 rings (SSSR count). The normalized spacial score (nSPS) is 19.7. The lowest BCUT2D eigenvalue weighted by atomic mass is 10.1. The highest BCUT2D eigenvalue weighted by Gasteiger charge is 2.20. The Labute approximate surface area is 104 Å². The third kappa shape index (κ3) is 2.62. The molecule has 1 saturated heterocycles. The van der Waals surface area contributed by atoms with Gasteiger partial charge in [0.25, 0.3) is 0 Å². The summed E-state index contributed by atoms with van der Waals surface area (Å²) < 4.78 is 14.6. The first-order chi connectivity index (χ1) is 7.68. The minimum atomic E-state index is -0.125. The van der Waals surface area contributed by atoms with Crippen molar-refractivity contribution >= 4 is 15.9 Å². The first-order valence-electron chi connectivity index (χ1n) is 5.58. The number of nitrogens with one attached hydrogen (secondary N) is 1. The van der Waals surface area contributed by atoms with Crippen LogP contribution in [-0.2, 0) is 0 Å². The first kappa shape index (κ1) is 12.0. The Hall–Kier alpha value is -0.450. The van der Waals surface area contributed by atoms with E-state index < -0.39 is 0 Å². The van der Waals surface area contributed by atoms with E-state index in [1.54, 1.807) is 0 Å². The molecular weight excluding hydrogens is 271 g/mol. The molecule has 0 bridgehead atoms. The van der Waals surface area contributed by atoms with Crippen LogP contribution in [0.2, 0.25) is 0 Å². The molecule has 0 unspecified atom stereocenters. The summed E-state index contributed by atoms with van der Waals surface area (Å²) >= 11 is 3.28. The molecular formula is C12H16BrFN2. The molecule has 1 atom stereocenters. The van der Waals surface area contributed by atoms with Gasteiger partial charge in [-0.2, -0.15) is 0 Å². The summed E-state index contributed by atoms with van der Waals surface area (Å²) in [7, 11) is 0. The van der Waals surface area contributed by atoms with Gasteiger partial charge in [0, 0.05) is 42.3 Å². The molecule has 0 radical (unpaired) electrons. The van der Waals surface area contributed by atoms with Crippen LogP contribution in [0.25, 0.3) is 0 Å². The summed E-state index contributed by atoms with van der Waals surface area (Å²) in [5.74, 6) is -0.125. The van der Waals surface area contributed by atoms with Gasteiger partial charge >= 0.3 is 0 Å². The van der Waals surface area contributed by atoms with Crippen molar-refractivity contribution in [3.8, 4) is 0 Å². The van der Waals surface area contributed by atoms with Gasteiger partial charge in [0.2, 0.25) is 0 Å². The van der Waals surface area contributed by atoms with E-state index in [1.165, 1.54) is 6.07 Å². The van der Waals surface area contributed by atoms with Crippen molar-refractivity contribution in [1.82, 2.24) is 10.2 Å². The second kappa shape index (κ2) is 5.25. The van der Waals surface area contributed by atoms with Crippen molar-refractivity contribution in [2.45, 2.75) is 13.0 Å². The zero-order valence-corrected chi connectivity index (χ0v) is 10.9. The van der Waals surface area contributed by atoms with E-state index in [-0.39, 0.29) is 11.9 Å². The van der Waals surface area contributed by atoms with Gasteiger partial charge in [-0.25, -0.2) is 4.39 Å². The SMILES string of the molecule is C[C@H](c1ccc(Br)cc1F)N1CCNCC1. The van der Waals surface area contributed by atoms with E-state index in [0.29, 0.717) is 0 Å². The van der Waals surface area contributed by atoms with Crippen LogP contribution in [0.5, 0.6) is 0 Å². The topological polar surface area (TPSA) is 15.3 Å². The highest BCUT2D eigenvalue weighted by molar-refractivity contribution is 9.10. The lowest BCUT2D eigenvalue weighted by Gasteiger charge is -2.33. The maximum atomic E-state index is 13.8. The zero-order valence-electron chi connectivity index (χ0n) is 9.34. The van der Waals surface area contributed by atoms with Crippen molar-refractivity contribution in [1.29, 1.82) is 0 Å².